The van der Waals surface area contributed by atoms with Crippen LogP contribution in [0.1, 0.15) is 10.4 Å². The van der Waals surface area contributed by atoms with Gasteiger partial charge in [-0.3, -0.25) is 10.1 Å². The summed E-state index contributed by atoms with van der Waals surface area (Å²) in [5.41, 5.74) is 0.878. The Bertz CT molecular complexity index is 933. The number of para-hydroxylation sites is 1. The number of amides is 1. The van der Waals surface area contributed by atoms with Gasteiger partial charge < -0.3 is 4.74 Å². The van der Waals surface area contributed by atoms with Gasteiger partial charge >= 0.3 is 0 Å². The predicted octanol–water partition coefficient (Wildman–Crippen LogP) is 5.20. The molecular formula is C18H13Cl2FN2O2S. The van der Waals surface area contributed by atoms with Crippen LogP contribution in [0.15, 0.2) is 48.7 Å². The molecule has 0 bridgehead atoms. The first-order valence-corrected chi connectivity index (χ1v) is 9.14. The van der Waals surface area contributed by atoms with Gasteiger partial charge in [0.1, 0.15) is 0 Å². The van der Waals surface area contributed by atoms with E-state index in [1.54, 1.807) is 36.5 Å². The molecule has 0 fully saturated rings. The Labute approximate surface area is 163 Å². The van der Waals surface area contributed by atoms with E-state index in [9.17, 15) is 9.18 Å². The van der Waals surface area contributed by atoms with Crippen LogP contribution in [0.3, 0.4) is 0 Å². The van der Waals surface area contributed by atoms with Crippen molar-refractivity contribution >= 4 is 45.6 Å². The lowest BCUT2D eigenvalue weighted by Crippen LogP contribution is -2.20. The molecule has 0 aliphatic heterocycles. The van der Waals surface area contributed by atoms with Crippen molar-refractivity contribution in [3.05, 3.63) is 75.0 Å². The zero-order valence-corrected chi connectivity index (χ0v) is 15.7. The van der Waals surface area contributed by atoms with E-state index in [0.717, 1.165) is 10.4 Å². The van der Waals surface area contributed by atoms with Crippen molar-refractivity contribution in [2.45, 2.75) is 6.42 Å². The van der Waals surface area contributed by atoms with Crippen molar-refractivity contribution in [1.29, 1.82) is 0 Å². The molecule has 0 saturated carbocycles. The molecule has 26 heavy (non-hydrogen) atoms. The minimum Gasteiger partial charge on any atom is -0.481 e. The lowest BCUT2D eigenvalue weighted by atomic mass is 10.1. The van der Waals surface area contributed by atoms with Gasteiger partial charge in [-0.15, -0.1) is 11.3 Å². The van der Waals surface area contributed by atoms with Crippen LogP contribution in [0.5, 0.6) is 5.75 Å². The molecule has 4 nitrogen and oxygen atoms in total. The molecule has 0 aliphatic carbocycles. The molecular weight excluding hydrogens is 398 g/mol. The molecule has 0 atom stereocenters. The van der Waals surface area contributed by atoms with E-state index in [1.165, 1.54) is 23.5 Å². The normalized spacial score (nSPS) is 10.6. The molecule has 134 valence electrons. The van der Waals surface area contributed by atoms with Crippen LogP contribution in [0, 0.1) is 5.82 Å². The van der Waals surface area contributed by atoms with Gasteiger partial charge in [-0.1, -0.05) is 35.3 Å². The summed E-state index contributed by atoms with van der Waals surface area (Å²) in [5, 5.41) is 4.28. The van der Waals surface area contributed by atoms with Crippen LogP contribution >= 0.6 is 34.5 Å². The lowest BCUT2D eigenvalue weighted by molar-refractivity contribution is -0.118. The number of nitrogens with one attached hydrogen (secondary N) is 1. The molecule has 3 rings (SSSR count). The fourth-order valence-corrected chi connectivity index (χ4v) is 3.40. The standard InChI is InChI=1S/C18H13Cl2FN2O2S/c19-12-5-6-14(20)11(7-12)8-13-9-22-18(26-13)23-17(24)10-25-16-4-2-1-3-15(16)21/h1-7,9H,8,10H2,(H,22,23,24). The van der Waals surface area contributed by atoms with E-state index in [-0.39, 0.29) is 12.4 Å². The summed E-state index contributed by atoms with van der Waals surface area (Å²) in [6, 6.07) is 11.2. The second kappa shape index (κ2) is 8.49. The number of carbonyl (C=O) groups is 1. The summed E-state index contributed by atoms with van der Waals surface area (Å²) >= 11 is 13.5. The van der Waals surface area contributed by atoms with Gasteiger partial charge in [0.05, 0.1) is 0 Å². The minimum atomic E-state index is -0.518. The first kappa shape index (κ1) is 18.6. The summed E-state index contributed by atoms with van der Waals surface area (Å²) in [6.07, 6.45) is 2.22. The van der Waals surface area contributed by atoms with E-state index in [2.05, 4.69) is 10.3 Å². The molecule has 8 heteroatoms. The van der Waals surface area contributed by atoms with Crippen molar-refractivity contribution in [3.8, 4) is 5.75 Å². The van der Waals surface area contributed by atoms with Gasteiger partial charge in [0, 0.05) is 27.5 Å². The molecule has 3 aromatic rings. The maximum Gasteiger partial charge on any atom is 0.264 e. The predicted molar refractivity (Wildman–Crippen MR) is 102 cm³/mol. The molecule has 0 spiro atoms. The number of hydrogen-bond donors (Lipinski definition) is 1. The number of thiazole rings is 1. The third-order valence-corrected chi connectivity index (χ3v) is 4.88. The highest BCUT2D eigenvalue weighted by Gasteiger charge is 2.11. The zero-order chi connectivity index (χ0) is 18.5. The summed E-state index contributed by atoms with van der Waals surface area (Å²) in [4.78, 5) is 17.0. The number of halogens is 3. The first-order chi connectivity index (χ1) is 12.5. The van der Waals surface area contributed by atoms with Gasteiger partial charge in [-0.2, -0.15) is 0 Å². The first-order valence-electron chi connectivity index (χ1n) is 7.57. The third kappa shape index (κ3) is 4.94. The number of nitrogens with zero attached hydrogens (tertiary/aromatic N) is 1. The minimum absolute atomic E-state index is 0.0260. The van der Waals surface area contributed by atoms with Gasteiger partial charge in [0.25, 0.3) is 5.91 Å². The number of rotatable bonds is 6. The quantitative estimate of drug-likeness (QED) is 0.607. The topological polar surface area (TPSA) is 51.2 Å². The van der Waals surface area contributed by atoms with Crippen LogP contribution < -0.4 is 10.1 Å². The average Bonchev–Trinajstić information content (AvgIpc) is 3.04. The van der Waals surface area contributed by atoms with Crippen LogP contribution in [-0.2, 0) is 11.2 Å². The van der Waals surface area contributed by atoms with Crippen LogP contribution in [0.25, 0.3) is 0 Å². The highest BCUT2D eigenvalue weighted by molar-refractivity contribution is 7.15. The Balaban J connectivity index is 1.57. The van der Waals surface area contributed by atoms with Crippen LogP contribution in [-0.4, -0.2) is 17.5 Å². The van der Waals surface area contributed by atoms with Crippen LogP contribution in [0.4, 0.5) is 9.52 Å². The Morgan fingerprint density at radius 3 is 2.85 bits per heavy atom. The highest BCUT2D eigenvalue weighted by atomic mass is 35.5. The van der Waals surface area contributed by atoms with Crippen molar-refractivity contribution < 1.29 is 13.9 Å². The Hall–Kier alpha value is -2.15. The summed E-state index contributed by atoms with van der Waals surface area (Å²) in [6.45, 7) is -0.310. The van der Waals surface area contributed by atoms with Crippen molar-refractivity contribution in [3.63, 3.8) is 0 Å². The van der Waals surface area contributed by atoms with Gasteiger partial charge in [-0.25, -0.2) is 9.37 Å². The van der Waals surface area contributed by atoms with Gasteiger partial charge in [-0.05, 0) is 35.9 Å². The molecule has 0 radical (unpaired) electrons. The number of hydrogen-bond acceptors (Lipinski definition) is 4. The number of ether oxygens (including phenoxy) is 1. The Morgan fingerprint density at radius 1 is 1.23 bits per heavy atom. The largest absolute Gasteiger partial charge is 0.481 e. The number of benzene rings is 2. The fourth-order valence-electron chi connectivity index (χ4n) is 2.17. The lowest BCUT2D eigenvalue weighted by Gasteiger charge is -2.06. The number of aromatic nitrogens is 1. The maximum atomic E-state index is 13.5. The molecule has 0 saturated heterocycles. The second-order valence-corrected chi connectivity index (χ2v) is 7.27. The number of anilines is 1. The van der Waals surface area contributed by atoms with E-state index in [1.807, 2.05) is 0 Å². The summed E-state index contributed by atoms with van der Waals surface area (Å²) in [5.74, 6) is -0.914. The average molecular weight is 411 g/mol. The summed E-state index contributed by atoms with van der Waals surface area (Å²) in [7, 11) is 0. The SMILES string of the molecule is O=C(COc1ccccc1F)Nc1ncc(Cc2cc(Cl)ccc2Cl)s1. The Kier molecular flexibility index (Phi) is 6.08. The molecule has 1 amide bonds. The molecule has 0 aliphatic rings. The highest BCUT2D eigenvalue weighted by Crippen LogP contribution is 2.27. The monoisotopic (exact) mass is 410 g/mol. The maximum absolute atomic E-state index is 13.5. The van der Waals surface area contributed by atoms with E-state index in [4.69, 9.17) is 27.9 Å². The molecule has 1 N–H and O–H groups in total. The van der Waals surface area contributed by atoms with Crippen molar-refractivity contribution in [2.24, 2.45) is 0 Å². The second-order valence-electron chi connectivity index (χ2n) is 5.31. The van der Waals surface area contributed by atoms with E-state index >= 15 is 0 Å². The fraction of sp³-hybridized carbons (Fsp3) is 0.111. The molecule has 1 heterocycles. The molecule has 2 aromatic carbocycles. The van der Waals surface area contributed by atoms with Crippen LogP contribution in [0.2, 0.25) is 10.0 Å². The van der Waals surface area contributed by atoms with Gasteiger partial charge in [0.15, 0.2) is 23.3 Å². The Morgan fingerprint density at radius 2 is 2.04 bits per heavy atom. The zero-order valence-electron chi connectivity index (χ0n) is 13.3. The third-order valence-electron chi connectivity index (χ3n) is 3.37. The molecule has 0 unspecified atom stereocenters. The molecule has 1 aromatic heterocycles. The van der Waals surface area contributed by atoms with E-state index in [0.29, 0.717) is 21.6 Å². The number of carbonyl (C=O) groups excluding carboxylic acids is 1. The van der Waals surface area contributed by atoms with Crippen molar-refractivity contribution in [2.75, 3.05) is 11.9 Å². The van der Waals surface area contributed by atoms with Crippen molar-refractivity contribution in [1.82, 2.24) is 4.98 Å². The summed E-state index contributed by atoms with van der Waals surface area (Å²) < 4.78 is 18.6. The smallest absolute Gasteiger partial charge is 0.264 e. The van der Waals surface area contributed by atoms with E-state index < -0.39 is 11.7 Å². The van der Waals surface area contributed by atoms with Gasteiger partial charge in [0.2, 0.25) is 0 Å².